The molecule has 1 aliphatic rings. The van der Waals surface area contributed by atoms with E-state index in [4.69, 9.17) is 15.2 Å². The largest absolute Gasteiger partial charge is 0.491 e. The summed E-state index contributed by atoms with van der Waals surface area (Å²) in [6, 6.07) is 6.20. The summed E-state index contributed by atoms with van der Waals surface area (Å²) < 4.78 is 11.0. The lowest BCUT2D eigenvalue weighted by Gasteiger charge is -2.23. The van der Waals surface area contributed by atoms with E-state index in [1.165, 1.54) is 11.1 Å². The molecule has 0 aromatic heterocycles. The van der Waals surface area contributed by atoms with E-state index in [-0.39, 0.29) is 12.6 Å². The molecule has 0 amide bonds. The molecule has 0 saturated carbocycles. The molecule has 21 heavy (non-hydrogen) atoms. The number of nitrogens with two attached hydrogens (primary N) is 1. The van der Waals surface area contributed by atoms with Gasteiger partial charge in [-0.3, -0.25) is 0 Å². The maximum absolute atomic E-state index is 9.82. The predicted molar refractivity (Wildman–Crippen MR) is 83.5 cm³/mol. The SMILES string of the molecule is CCCCOCC(O)COc1ccc2c(c1)CCCC2N. The lowest BCUT2D eigenvalue weighted by Crippen LogP contribution is -2.24. The van der Waals surface area contributed by atoms with Gasteiger partial charge in [0, 0.05) is 12.6 Å². The van der Waals surface area contributed by atoms with Crippen LogP contribution in [0.1, 0.15) is 49.8 Å². The van der Waals surface area contributed by atoms with Gasteiger partial charge in [-0.25, -0.2) is 0 Å². The van der Waals surface area contributed by atoms with Crippen molar-refractivity contribution >= 4 is 0 Å². The first-order chi connectivity index (χ1) is 10.2. The lowest BCUT2D eigenvalue weighted by molar-refractivity contribution is 0.0113. The second-order valence-electron chi connectivity index (χ2n) is 5.75. The Morgan fingerprint density at radius 1 is 1.38 bits per heavy atom. The second-order valence-corrected chi connectivity index (χ2v) is 5.75. The third-order valence-corrected chi connectivity index (χ3v) is 3.87. The van der Waals surface area contributed by atoms with Crippen LogP contribution in [0, 0.1) is 0 Å². The molecule has 2 rings (SSSR count). The Balaban J connectivity index is 1.78. The predicted octanol–water partition coefficient (Wildman–Crippen LogP) is 2.58. The van der Waals surface area contributed by atoms with E-state index in [0.29, 0.717) is 13.2 Å². The molecule has 0 fully saturated rings. The smallest absolute Gasteiger partial charge is 0.119 e. The lowest BCUT2D eigenvalue weighted by atomic mass is 9.88. The van der Waals surface area contributed by atoms with Crippen molar-refractivity contribution in [3.8, 4) is 5.75 Å². The molecule has 2 unspecified atom stereocenters. The van der Waals surface area contributed by atoms with Crippen molar-refractivity contribution in [1.82, 2.24) is 0 Å². The Labute approximate surface area is 127 Å². The van der Waals surface area contributed by atoms with Crippen molar-refractivity contribution in [2.75, 3.05) is 19.8 Å². The molecular weight excluding hydrogens is 266 g/mol. The highest BCUT2D eigenvalue weighted by Gasteiger charge is 2.17. The van der Waals surface area contributed by atoms with Crippen molar-refractivity contribution in [3.63, 3.8) is 0 Å². The third kappa shape index (κ3) is 4.99. The van der Waals surface area contributed by atoms with Gasteiger partial charge in [0.05, 0.1) is 6.61 Å². The van der Waals surface area contributed by atoms with Crippen molar-refractivity contribution < 1.29 is 14.6 Å². The van der Waals surface area contributed by atoms with Crippen LogP contribution in [0.3, 0.4) is 0 Å². The van der Waals surface area contributed by atoms with Crippen LogP contribution < -0.4 is 10.5 Å². The van der Waals surface area contributed by atoms with E-state index in [9.17, 15) is 5.11 Å². The van der Waals surface area contributed by atoms with Crippen molar-refractivity contribution in [2.45, 2.75) is 51.2 Å². The van der Waals surface area contributed by atoms with Gasteiger partial charge >= 0.3 is 0 Å². The number of benzene rings is 1. The number of aliphatic hydroxyl groups is 1. The number of fused-ring (bicyclic) bond motifs is 1. The summed E-state index contributed by atoms with van der Waals surface area (Å²) in [5, 5.41) is 9.82. The molecule has 1 aromatic carbocycles. The molecule has 2 atom stereocenters. The molecular formula is C17H27NO3. The summed E-state index contributed by atoms with van der Waals surface area (Å²) >= 11 is 0. The highest BCUT2D eigenvalue weighted by molar-refractivity contribution is 5.38. The normalized spacial score (nSPS) is 19.1. The summed E-state index contributed by atoms with van der Waals surface area (Å²) in [6.45, 7) is 3.40. The Morgan fingerprint density at radius 2 is 2.24 bits per heavy atom. The van der Waals surface area contributed by atoms with Crippen LogP contribution >= 0.6 is 0 Å². The van der Waals surface area contributed by atoms with Gasteiger partial charge in [-0.2, -0.15) is 0 Å². The fourth-order valence-corrected chi connectivity index (χ4v) is 2.62. The molecule has 0 bridgehead atoms. The first-order valence-electron chi connectivity index (χ1n) is 7.97. The van der Waals surface area contributed by atoms with E-state index in [1.54, 1.807) is 0 Å². The molecule has 1 aromatic rings. The van der Waals surface area contributed by atoms with Crippen molar-refractivity contribution in [3.05, 3.63) is 29.3 Å². The Bertz CT molecular complexity index is 436. The Kier molecular flexibility index (Phi) is 6.49. The van der Waals surface area contributed by atoms with E-state index in [2.05, 4.69) is 19.1 Å². The van der Waals surface area contributed by atoms with Crippen LogP contribution in [0.15, 0.2) is 18.2 Å². The van der Waals surface area contributed by atoms with E-state index >= 15 is 0 Å². The molecule has 4 nitrogen and oxygen atoms in total. The summed E-state index contributed by atoms with van der Waals surface area (Å²) in [4.78, 5) is 0. The fourth-order valence-electron chi connectivity index (χ4n) is 2.62. The molecule has 4 heteroatoms. The van der Waals surface area contributed by atoms with Crippen LogP contribution in [0.2, 0.25) is 0 Å². The van der Waals surface area contributed by atoms with Crippen LogP contribution in [-0.2, 0) is 11.2 Å². The van der Waals surface area contributed by atoms with Gasteiger partial charge in [-0.05, 0) is 48.9 Å². The third-order valence-electron chi connectivity index (χ3n) is 3.87. The van der Waals surface area contributed by atoms with Crippen molar-refractivity contribution in [1.29, 1.82) is 0 Å². The molecule has 0 heterocycles. The minimum atomic E-state index is -0.583. The summed E-state index contributed by atoms with van der Waals surface area (Å²) in [5.41, 5.74) is 8.61. The van der Waals surface area contributed by atoms with E-state index in [1.807, 2.05) is 6.07 Å². The molecule has 0 radical (unpaired) electrons. The zero-order valence-electron chi connectivity index (χ0n) is 12.9. The molecule has 0 aliphatic heterocycles. The van der Waals surface area contributed by atoms with E-state index in [0.717, 1.165) is 37.9 Å². The zero-order valence-corrected chi connectivity index (χ0v) is 12.9. The number of aliphatic hydroxyl groups excluding tert-OH is 1. The first kappa shape index (κ1) is 16.3. The molecule has 0 saturated heterocycles. The average molecular weight is 293 g/mol. The van der Waals surface area contributed by atoms with Crippen LogP contribution in [-0.4, -0.2) is 31.0 Å². The Morgan fingerprint density at radius 3 is 3.05 bits per heavy atom. The standard InChI is InChI=1S/C17H27NO3/c1-2-3-9-20-11-14(19)12-21-15-7-8-16-13(10-15)5-4-6-17(16)18/h7-8,10,14,17,19H,2-6,9,11-12,18H2,1H3. The fraction of sp³-hybridized carbons (Fsp3) is 0.647. The van der Waals surface area contributed by atoms with Gasteiger partial charge in [0.2, 0.25) is 0 Å². The maximum Gasteiger partial charge on any atom is 0.119 e. The summed E-state index contributed by atoms with van der Waals surface area (Å²) in [5.74, 6) is 0.801. The maximum atomic E-state index is 9.82. The number of unbranched alkanes of at least 4 members (excludes halogenated alkanes) is 1. The van der Waals surface area contributed by atoms with Gasteiger partial charge < -0.3 is 20.3 Å². The van der Waals surface area contributed by atoms with Gasteiger partial charge in [-0.1, -0.05) is 19.4 Å². The highest BCUT2D eigenvalue weighted by Crippen LogP contribution is 2.30. The van der Waals surface area contributed by atoms with Gasteiger partial charge in [0.1, 0.15) is 18.5 Å². The van der Waals surface area contributed by atoms with Gasteiger partial charge in [0.25, 0.3) is 0 Å². The van der Waals surface area contributed by atoms with Crippen molar-refractivity contribution in [2.24, 2.45) is 5.73 Å². The molecule has 0 spiro atoms. The molecule has 118 valence electrons. The Hall–Kier alpha value is -1.10. The average Bonchev–Trinajstić information content (AvgIpc) is 2.50. The highest BCUT2D eigenvalue weighted by atomic mass is 16.5. The van der Waals surface area contributed by atoms with Gasteiger partial charge in [-0.15, -0.1) is 0 Å². The van der Waals surface area contributed by atoms with Crippen LogP contribution in [0.5, 0.6) is 5.75 Å². The monoisotopic (exact) mass is 293 g/mol. The quantitative estimate of drug-likeness (QED) is 0.723. The zero-order chi connectivity index (χ0) is 15.1. The molecule has 1 aliphatic carbocycles. The topological polar surface area (TPSA) is 64.7 Å². The number of hydrogen-bond donors (Lipinski definition) is 2. The number of hydrogen-bond acceptors (Lipinski definition) is 4. The first-order valence-corrected chi connectivity index (χ1v) is 7.97. The number of rotatable bonds is 8. The number of aryl methyl sites for hydroxylation is 1. The molecule has 3 N–H and O–H groups in total. The minimum absolute atomic E-state index is 0.153. The second kappa shape index (κ2) is 8.37. The van der Waals surface area contributed by atoms with Crippen LogP contribution in [0.4, 0.5) is 0 Å². The van der Waals surface area contributed by atoms with Crippen LogP contribution in [0.25, 0.3) is 0 Å². The summed E-state index contributed by atoms with van der Waals surface area (Å²) in [7, 11) is 0. The number of ether oxygens (including phenoxy) is 2. The summed E-state index contributed by atoms with van der Waals surface area (Å²) in [6.07, 6.45) is 4.79. The van der Waals surface area contributed by atoms with E-state index < -0.39 is 6.10 Å². The minimum Gasteiger partial charge on any atom is -0.491 e. The van der Waals surface area contributed by atoms with Gasteiger partial charge in [0.15, 0.2) is 0 Å².